The standard InChI is InChI=1S/C19H20F3N3O2/c1-3-25(4-2)14-11-9-13(10-12-14)23-17(26)18(27)24-16-8-6-5-7-15(16)19(20,21)22/h5-12H,3-4H2,1-2H3,(H,23,26)(H,24,27). The van der Waals surface area contributed by atoms with Gasteiger partial charge in [-0.3, -0.25) is 9.59 Å². The van der Waals surface area contributed by atoms with Crippen molar-refractivity contribution < 1.29 is 22.8 Å². The second-order valence-electron chi connectivity index (χ2n) is 5.67. The van der Waals surface area contributed by atoms with Gasteiger partial charge in [0.05, 0.1) is 11.3 Å². The summed E-state index contributed by atoms with van der Waals surface area (Å²) in [5.41, 5.74) is -0.159. The van der Waals surface area contributed by atoms with Crippen LogP contribution in [0.1, 0.15) is 19.4 Å². The van der Waals surface area contributed by atoms with Crippen molar-refractivity contribution in [3.8, 4) is 0 Å². The van der Waals surface area contributed by atoms with E-state index >= 15 is 0 Å². The van der Waals surface area contributed by atoms with E-state index < -0.39 is 29.2 Å². The van der Waals surface area contributed by atoms with Crippen LogP contribution in [0.3, 0.4) is 0 Å². The van der Waals surface area contributed by atoms with Crippen LogP contribution in [0.2, 0.25) is 0 Å². The van der Waals surface area contributed by atoms with Crippen molar-refractivity contribution >= 4 is 28.9 Å². The molecule has 0 atom stereocenters. The number of halogens is 3. The number of nitrogens with zero attached hydrogens (tertiary/aromatic N) is 1. The Morgan fingerprint density at radius 2 is 1.44 bits per heavy atom. The lowest BCUT2D eigenvalue weighted by atomic mass is 10.1. The molecule has 0 aromatic heterocycles. The van der Waals surface area contributed by atoms with Crippen LogP contribution in [0, 0.1) is 0 Å². The fourth-order valence-corrected chi connectivity index (χ4v) is 2.55. The summed E-state index contributed by atoms with van der Waals surface area (Å²) in [6.45, 7) is 5.68. The van der Waals surface area contributed by atoms with Gasteiger partial charge in [-0.15, -0.1) is 0 Å². The maximum absolute atomic E-state index is 13.0. The first kappa shape index (κ1) is 20.3. The van der Waals surface area contributed by atoms with E-state index in [0.29, 0.717) is 5.69 Å². The van der Waals surface area contributed by atoms with Gasteiger partial charge in [0.15, 0.2) is 0 Å². The number of hydrogen-bond acceptors (Lipinski definition) is 3. The first-order valence-electron chi connectivity index (χ1n) is 8.39. The van der Waals surface area contributed by atoms with Crippen molar-refractivity contribution in [3.63, 3.8) is 0 Å². The van der Waals surface area contributed by atoms with Gasteiger partial charge in [-0.1, -0.05) is 12.1 Å². The highest BCUT2D eigenvalue weighted by Gasteiger charge is 2.34. The molecule has 2 N–H and O–H groups in total. The summed E-state index contributed by atoms with van der Waals surface area (Å²) < 4.78 is 38.9. The zero-order valence-electron chi connectivity index (χ0n) is 14.9. The Kier molecular flexibility index (Phi) is 6.44. The molecular weight excluding hydrogens is 359 g/mol. The van der Waals surface area contributed by atoms with Gasteiger partial charge < -0.3 is 15.5 Å². The lowest BCUT2D eigenvalue weighted by molar-refractivity contribution is -0.137. The van der Waals surface area contributed by atoms with E-state index in [9.17, 15) is 22.8 Å². The van der Waals surface area contributed by atoms with E-state index in [2.05, 4.69) is 10.2 Å². The fourth-order valence-electron chi connectivity index (χ4n) is 2.55. The van der Waals surface area contributed by atoms with Crippen molar-refractivity contribution in [2.24, 2.45) is 0 Å². The molecule has 0 radical (unpaired) electrons. The maximum atomic E-state index is 13.0. The molecule has 2 aromatic rings. The van der Waals surface area contributed by atoms with Crippen LogP contribution in [-0.2, 0) is 15.8 Å². The fraction of sp³-hybridized carbons (Fsp3) is 0.263. The SMILES string of the molecule is CCN(CC)c1ccc(NC(=O)C(=O)Nc2ccccc2C(F)(F)F)cc1. The van der Waals surface area contributed by atoms with Crippen LogP contribution in [-0.4, -0.2) is 24.9 Å². The van der Waals surface area contributed by atoms with Crippen LogP contribution in [0.5, 0.6) is 0 Å². The molecule has 2 aromatic carbocycles. The minimum atomic E-state index is -4.64. The molecule has 0 bridgehead atoms. The monoisotopic (exact) mass is 379 g/mol. The first-order valence-corrected chi connectivity index (χ1v) is 8.39. The van der Waals surface area contributed by atoms with Gasteiger partial charge in [0.25, 0.3) is 0 Å². The van der Waals surface area contributed by atoms with Crippen LogP contribution < -0.4 is 15.5 Å². The van der Waals surface area contributed by atoms with Gasteiger partial charge in [0.1, 0.15) is 0 Å². The Labute approximate surface area is 155 Å². The van der Waals surface area contributed by atoms with Gasteiger partial charge in [0.2, 0.25) is 0 Å². The Bertz CT molecular complexity index is 801. The number of benzene rings is 2. The third kappa shape index (κ3) is 5.22. The van der Waals surface area contributed by atoms with Gasteiger partial charge in [-0.05, 0) is 50.2 Å². The molecule has 2 amide bonds. The molecule has 0 fully saturated rings. The normalized spacial score (nSPS) is 11.0. The number of para-hydroxylation sites is 1. The first-order chi connectivity index (χ1) is 12.8. The number of anilines is 3. The number of carbonyl (C=O) groups excluding carboxylic acids is 2. The average Bonchev–Trinajstić information content (AvgIpc) is 2.63. The zero-order chi connectivity index (χ0) is 20.0. The minimum absolute atomic E-state index is 0.371. The summed E-state index contributed by atoms with van der Waals surface area (Å²) in [6.07, 6.45) is -4.64. The number of carbonyl (C=O) groups is 2. The molecule has 0 spiro atoms. The lowest BCUT2D eigenvalue weighted by Gasteiger charge is -2.21. The summed E-state index contributed by atoms with van der Waals surface area (Å²) in [4.78, 5) is 26.1. The predicted octanol–water partition coefficient (Wildman–Crippen LogP) is 4.13. The average molecular weight is 379 g/mol. The zero-order valence-corrected chi connectivity index (χ0v) is 14.9. The van der Waals surface area contributed by atoms with Gasteiger partial charge >= 0.3 is 18.0 Å². The Balaban J connectivity index is 2.06. The highest BCUT2D eigenvalue weighted by atomic mass is 19.4. The van der Waals surface area contributed by atoms with Crippen molar-refractivity contribution in [2.45, 2.75) is 20.0 Å². The number of nitrogens with one attached hydrogen (secondary N) is 2. The van der Waals surface area contributed by atoms with Crippen molar-refractivity contribution in [2.75, 3.05) is 28.6 Å². The number of rotatable bonds is 5. The van der Waals surface area contributed by atoms with E-state index in [0.717, 1.165) is 30.9 Å². The van der Waals surface area contributed by atoms with E-state index in [1.165, 1.54) is 12.1 Å². The lowest BCUT2D eigenvalue weighted by Crippen LogP contribution is -2.30. The van der Waals surface area contributed by atoms with Crippen LogP contribution in [0.4, 0.5) is 30.2 Å². The summed E-state index contributed by atoms with van der Waals surface area (Å²) in [6, 6.07) is 11.3. The molecule has 0 aliphatic heterocycles. The Morgan fingerprint density at radius 3 is 2.00 bits per heavy atom. The second-order valence-corrected chi connectivity index (χ2v) is 5.67. The molecule has 2 rings (SSSR count). The molecule has 0 saturated heterocycles. The minimum Gasteiger partial charge on any atom is -0.372 e. The van der Waals surface area contributed by atoms with E-state index in [1.807, 2.05) is 19.2 Å². The third-order valence-electron chi connectivity index (χ3n) is 3.94. The molecule has 0 heterocycles. The molecule has 8 heteroatoms. The van der Waals surface area contributed by atoms with Gasteiger partial charge in [-0.2, -0.15) is 13.2 Å². The summed E-state index contributed by atoms with van der Waals surface area (Å²) >= 11 is 0. The molecular formula is C19H20F3N3O2. The highest BCUT2D eigenvalue weighted by Crippen LogP contribution is 2.34. The van der Waals surface area contributed by atoms with Crippen molar-refractivity contribution in [1.29, 1.82) is 0 Å². The van der Waals surface area contributed by atoms with Gasteiger partial charge in [-0.25, -0.2) is 0 Å². The van der Waals surface area contributed by atoms with Crippen molar-refractivity contribution in [3.05, 3.63) is 54.1 Å². The smallest absolute Gasteiger partial charge is 0.372 e. The van der Waals surface area contributed by atoms with Crippen LogP contribution >= 0.6 is 0 Å². The Hall–Kier alpha value is -3.03. The van der Waals surface area contributed by atoms with Crippen LogP contribution in [0.25, 0.3) is 0 Å². The maximum Gasteiger partial charge on any atom is 0.418 e. The van der Waals surface area contributed by atoms with Gasteiger partial charge in [0, 0.05) is 24.5 Å². The Morgan fingerprint density at radius 1 is 0.889 bits per heavy atom. The molecule has 0 aliphatic rings. The van der Waals surface area contributed by atoms with E-state index in [1.54, 1.807) is 24.3 Å². The molecule has 5 nitrogen and oxygen atoms in total. The van der Waals surface area contributed by atoms with Crippen LogP contribution in [0.15, 0.2) is 48.5 Å². The van der Waals surface area contributed by atoms with Crippen molar-refractivity contribution in [1.82, 2.24) is 0 Å². The van der Waals surface area contributed by atoms with E-state index in [-0.39, 0.29) is 0 Å². The largest absolute Gasteiger partial charge is 0.418 e. The number of amides is 2. The summed E-state index contributed by atoms with van der Waals surface area (Å²) in [5.74, 6) is -2.23. The van der Waals surface area contributed by atoms with E-state index in [4.69, 9.17) is 0 Å². The summed E-state index contributed by atoms with van der Waals surface area (Å²) in [7, 11) is 0. The quantitative estimate of drug-likeness (QED) is 0.768. The summed E-state index contributed by atoms with van der Waals surface area (Å²) in [5, 5.41) is 4.38. The second kappa shape index (κ2) is 8.57. The topological polar surface area (TPSA) is 61.4 Å². The molecule has 0 unspecified atom stereocenters. The third-order valence-corrected chi connectivity index (χ3v) is 3.94. The highest BCUT2D eigenvalue weighted by molar-refractivity contribution is 6.43. The molecule has 0 aliphatic carbocycles. The predicted molar refractivity (Wildman–Crippen MR) is 98.7 cm³/mol. The number of hydrogen-bond donors (Lipinski definition) is 2. The molecule has 0 saturated carbocycles. The number of alkyl halides is 3. The molecule has 27 heavy (non-hydrogen) atoms. The molecule has 144 valence electrons.